The maximum atomic E-state index is 11.9. The number of oxime groups is 1. The van der Waals surface area contributed by atoms with Crippen molar-refractivity contribution in [3.05, 3.63) is 64.2 Å². The smallest absolute Gasteiger partial charge is 0.265 e. The second-order valence-electron chi connectivity index (χ2n) is 5.06. The van der Waals surface area contributed by atoms with Crippen molar-refractivity contribution in [2.45, 2.75) is 13.8 Å². The van der Waals surface area contributed by atoms with Crippen LogP contribution in [0.25, 0.3) is 0 Å². The standard InChI is InChI=1S/C17H18ClN3O2/c1-11-5-3-8-15(12(11)2)20-16(22)10-23-21-17(19)13-6-4-7-14(18)9-13/h3-9H,10H2,1-2H3,(H2,19,21)(H,20,22). The van der Waals surface area contributed by atoms with Crippen LogP contribution in [0.3, 0.4) is 0 Å². The molecule has 0 aliphatic heterocycles. The second kappa shape index (κ2) is 7.65. The summed E-state index contributed by atoms with van der Waals surface area (Å²) >= 11 is 5.88. The first-order chi connectivity index (χ1) is 11.0. The van der Waals surface area contributed by atoms with E-state index in [1.165, 1.54) is 0 Å². The number of nitrogens with two attached hydrogens (primary N) is 1. The third kappa shape index (κ3) is 4.72. The largest absolute Gasteiger partial charge is 0.384 e. The van der Waals surface area contributed by atoms with Crippen molar-refractivity contribution < 1.29 is 9.63 Å². The van der Waals surface area contributed by atoms with Crippen molar-refractivity contribution in [1.29, 1.82) is 0 Å². The summed E-state index contributed by atoms with van der Waals surface area (Å²) < 4.78 is 0. The summed E-state index contributed by atoms with van der Waals surface area (Å²) in [6.45, 7) is 3.70. The first-order valence-corrected chi connectivity index (χ1v) is 7.42. The van der Waals surface area contributed by atoms with Crippen LogP contribution in [0.15, 0.2) is 47.6 Å². The Kier molecular flexibility index (Phi) is 5.60. The molecule has 23 heavy (non-hydrogen) atoms. The molecule has 2 aromatic carbocycles. The van der Waals surface area contributed by atoms with Crippen LogP contribution in [0.5, 0.6) is 0 Å². The van der Waals surface area contributed by atoms with Crippen molar-refractivity contribution >= 4 is 29.0 Å². The summed E-state index contributed by atoms with van der Waals surface area (Å²) in [4.78, 5) is 16.9. The van der Waals surface area contributed by atoms with Gasteiger partial charge in [-0.05, 0) is 43.2 Å². The zero-order valence-corrected chi connectivity index (χ0v) is 13.7. The zero-order chi connectivity index (χ0) is 16.8. The lowest BCUT2D eigenvalue weighted by molar-refractivity contribution is -0.120. The predicted octanol–water partition coefficient (Wildman–Crippen LogP) is 3.23. The van der Waals surface area contributed by atoms with E-state index in [-0.39, 0.29) is 18.3 Å². The number of rotatable bonds is 5. The molecule has 0 atom stereocenters. The third-order valence-corrected chi connectivity index (χ3v) is 3.59. The molecule has 1 amide bonds. The monoisotopic (exact) mass is 331 g/mol. The van der Waals surface area contributed by atoms with Crippen LogP contribution < -0.4 is 11.1 Å². The molecule has 0 fully saturated rings. The Morgan fingerprint density at radius 3 is 2.74 bits per heavy atom. The molecule has 0 aromatic heterocycles. The summed E-state index contributed by atoms with van der Waals surface area (Å²) in [5.74, 6) is -0.145. The highest BCUT2D eigenvalue weighted by Gasteiger charge is 2.07. The minimum atomic E-state index is -0.304. The van der Waals surface area contributed by atoms with E-state index in [4.69, 9.17) is 22.2 Å². The molecule has 0 saturated heterocycles. The quantitative estimate of drug-likeness (QED) is 0.501. The Labute approximate surface area is 140 Å². The fourth-order valence-corrected chi connectivity index (χ4v) is 2.12. The van der Waals surface area contributed by atoms with E-state index in [1.807, 2.05) is 32.0 Å². The SMILES string of the molecule is Cc1cccc(NC(=O)CO/N=C(/N)c2cccc(Cl)c2)c1C. The molecule has 5 nitrogen and oxygen atoms in total. The fraction of sp³-hybridized carbons (Fsp3) is 0.176. The first kappa shape index (κ1) is 16.8. The van der Waals surface area contributed by atoms with Gasteiger partial charge in [-0.2, -0.15) is 0 Å². The van der Waals surface area contributed by atoms with Crippen molar-refractivity contribution in [2.24, 2.45) is 10.9 Å². The van der Waals surface area contributed by atoms with Crippen molar-refractivity contribution in [1.82, 2.24) is 0 Å². The normalized spacial score (nSPS) is 11.2. The molecule has 0 unspecified atom stereocenters. The summed E-state index contributed by atoms with van der Waals surface area (Å²) in [6.07, 6.45) is 0. The summed E-state index contributed by atoms with van der Waals surface area (Å²) in [5.41, 5.74) is 9.29. The number of halogens is 1. The van der Waals surface area contributed by atoms with Gasteiger partial charge in [0.05, 0.1) is 0 Å². The number of aryl methyl sites for hydroxylation is 1. The molecule has 0 aliphatic carbocycles. The number of nitrogens with zero attached hydrogens (tertiary/aromatic N) is 1. The second-order valence-corrected chi connectivity index (χ2v) is 5.49. The Balaban J connectivity index is 1.92. The lowest BCUT2D eigenvalue weighted by Gasteiger charge is -2.09. The van der Waals surface area contributed by atoms with E-state index >= 15 is 0 Å². The van der Waals surface area contributed by atoms with Gasteiger partial charge in [0, 0.05) is 16.3 Å². The van der Waals surface area contributed by atoms with Crippen LogP contribution in [0.4, 0.5) is 5.69 Å². The van der Waals surface area contributed by atoms with E-state index < -0.39 is 0 Å². The first-order valence-electron chi connectivity index (χ1n) is 7.05. The molecule has 0 aliphatic rings. The third-order valence-electron chi connectivity index (χ3n) is 3.36. The number of carbonyl (C=O) groups excluding carboxylic acids is 1. The molecule has 0 spiro atoms. The van der Waals surface area contributed by atoms with Gasteiger partial charge in [-0.1, -0.05) is 41.0 Å². The van der Waals surface area contributed by atoms with Gasteiger partial charge in [0.25, 0.3) is 5.91 Å². The van der Waals surface area contributed by atoms with E-state index in [0.29, 0.717) is 10.6 Å². The van der Waals surface area contributed by atoms with Gasteiger partial charge in [-0.3, -0.25) is 4.79 Å². The number of amides is 1. The van der Waals surface area contributed by atoms with Gasteiger partial charge in [0.1, 0.15) is 0 Å². The Morgan fingerprint density at radius 1 is 1.26 bits per heavy atom. The minimum absolute atomic E-state index is 0.159. The molecule has 0 bridgehead atoms. The van der Waals surface area contributed by atoms with Crippen LogP contribution in [0, 0.1) is 13.8 Å². The zero-order valence-electron chi connectivity index (χ0n) is 13.0. The average molecular weight is 332 g/mol. The van der Waals surface area contributed by atoms with Crippen molar-refractivity contribution in [3.8, 4) is 0 Å². The Morgan fingerprint density at radius 2 is 2.00 bits per heavy atom. The molecule has 2 rings (SSSR count). The van der Waals surface area contributed by atoms with Gasteiger partial charge in [0.2, 0.25) is 0 Å². The number of hydrogen-bond donors (Lipinski definition) is 2. The Bertz CT molecular complexity index is 744. The van der Waals surface area contributed by atoms with E-state index in [9.17, 15) is 4.79 Å². The maximum Gasteiger partial charge on any atom is 0.265 e. The number of amidine groups is 1. The van der Waals surface area contributed by atoms with Gasteiger partial charge in [-0.25, -0.2) is 0 Å². The molecular weight excluding hydrogens is 314 g/mol. The topological polar surface area (TPSA) is 76.7 Å². The highest BCUT2D eigenvalue weighted by atomic mass is 35.5. The van der Waals surface area contributed by atoms with Crippen molar-refractivity contribution in [3.63, 3.8) is 0 Å². The molecule has 6 heteroatoms. The minimum Gasteiger partial charge on any atom is -0.384 e. The fourth-order valence-electron chi connectivity index (χ4n) is 1.93. The molecule has 120 valence electrons. The van der Waals surface area contributed by atoms with Crippen LogP contribution in [0.1, 0.15) is 16.7 Å². The predicted molar refractivity (Wildman–Crippen MR) is 92.7 cm³/mol. The van der Waals surface area contributed by atoms with Crippen LogP contribution in [0.2, 0.25) is 5.02 Å². The van der Waals surface area contributed by atoms with E-state index in [2.05, 4.69) is 10.5 Å². The summed E-state index contributed by atoms with van der Waals surface area (Å²) in [7, 11) is 0. The lowest BCUT2D eigenvalue weighted by Crippen LogP contribution is -2.20. The Hall–Kier alpha value is -2.53. The highest BCUT2D eigenvalue weighted by molar-refractivity contribution is 6.31. The summed E-state index contributed by atoms with van der Waals surface area (Å²) in [5, 5.41) is 7.06. The average Bonchev–Trinajstić information content (AvgIpc) is 2.52. The molecular formula is C17H18ClN3O2. The maximum absolute atomic E-state index is 11.9. The number of nitrogens with one attached hydrogen (secondary N) is 1. The lowest BCUT2D eigenvalue weighted by atomic mass is 10.1. The van der Waals surface area contributed by atoms with Gasteiger partial charge in [0.15, 0.2) is 12.4 Å². The molecule has 2 aromatic rings. The van der Waals surface area contributed by atoms with Gasteiger partial charge < -0.3 is 15.9 Å². The van der Waals surface area contributed by atoms with Crippen molar-refractivity contribution in [2.75, 3.05) is 11.9 Å². The van der Waals surface area contributed by atoms with Crippen LogP contribution in [-0.4, -0.2) is 18.3 Å². The van der Waals surface area contributed by atoms with E-state index in [1.54, 1.807) is 24.3 Å². The molecule has 3 N–H and O–H groups in total. The van der Waals surface area contributed by atoms with Crippen LogP contribution >= 0.6 is 11.6 Å². The van der Waals surface area contributed by atoms with Crippen LogP contribution in [-0.2, 0) is 9.63 Å². The number of anilines is 1. The van der Waals surface area contributed by atoms with Gasteiger partial charge in [-0.15, -0.1) is 0 Å². The number of carbonyl (C=O) groups is 1. The summed E-state index contributed by atoms with van der Waals surface area (Å²) in [6, 6.07) is 12.6. The molecule has 0 saturated carbocycles. The molecule has 0 heterocycles. The highest BCUT2D eigenvalue weighted by Crippen LogP contribution is 2.17. The molecule has 0 radical (unpaired) electrons. The number of benzene rings is 2. The van der Waals surface area contributed by atoms with Gasteiger partial charge >= 0.3 is 0 Å². The number of hydrogen-bond acceptors (Lipinski definition) is 3. The van der Waals surface area contributed by atoms with E-state index in [0.717, 1.165) is 16.8 Å².